The fourth-order valence-corrected chi connectivity index (χ4v) is 3.65. The van der Waals surface area contributed by atoms with Crippen LogP contribution in [0.1, 0.15) is 48.2 Å². The van der Waals surface area contributed by atoms with Gasteiger partial charge < -0.3 is 5.11 Å². The number of aromatic amines is 1. The van der Waals surface area contributed by atoms with Crippen molar-refractivity contribution in [2.24, 2.45) is 5.92 Å². The van der Waals surface area contributed by atoms with Gasteiger partial charge in [0.15, 0.2) is 5.52 Å². The number of rotatable bonds is 5. The molecule has 3 aromatic heterocycles. The second kappa shape index (κ2) is 6.40. The van der Waals surface area contributed by atoms with Crippen LogP contribution >= 0.6 is 0 Å². The number of carboxylic acids is 1. The van der Waals surface area contributed by atoms with E-state index in [1.165, 1.54) is 42.8 Å². The lowest BCUT2D eigenvalue weighted by Crippen LogP contribution is -2.17. The second-order valence-electron chi connectivity index (χ2n) is 6.81. The van der Waals surface area contributed by atoms with Gasteiger partial charge in [-0.15, -0.1) is 0 Å². The van der Waals surface area contributed by atoms with Crippen molar-refractivity contribution in [1.29, 1.82) is 0 Å². The zero-order valence-electron chi connectivity index (χ0n) is 14.5. The number of aryl methyl sites for hydroxylation is 2. The molecular formula is C17H20N6O3. The van der Waals surface area contributed by atoms with E-state index in [0.29, 0.717) is 29.2 Å². The van der Waals surface area contributed by atoms with E-state index in [2.05, 4.69) is 20.2 Å². The molecule has 1 aliphatic rings. The molecule has 0 unspecified atom stereocenters. The summed E-state index contributed by atoms with van der Waals surface area (Å²) in [4.78, 5) is 30.8. The van der Waals surface area contributed by atoms with Gasteiger partial charge in [-0.25, -0.2) is 14.5 Å². The molecule has 2 N–H and O–H groups in total. The third-order valence-corrected chi connectivity index (χ3v) is 5.02. The van der Waals surface area contributed by atoms with Crippen LogP contribution in [0, 0.1) is 12.8 Å². The predicted molar refractivity (Wildman–Crippen MR) is 93.5 cm³/mol. The molecule has 3 heterocycles. The SMILES string of the molecule is Cc1nn(CCC2CCCC2)c2c(=O)[nH]c(-n3cc(C(=O)O)cn3)nc12. The molecule has 0 amide bonds. The van der Waals surface area contributed by atoms with Gasteiger partial charge in [0.25, 0.3) is 5.56 Å². The molecule has 1 saturated carbocycles. The van der Waals surface area contributed by atoms with Crippen LogP contribution < -0.4 is 5.56 Å². The number of fused-ring (bicyclic) bond motifs is 1. The van der Waals surface area contributed by atoms with Crippen LogP contribution in [0.2, 0.25) is 0 Å². The first-order chi connectivity index (χ1) is 12.5. The quantitative estimate of drug-likeness (QED) is 0.720. The van der Waals surface area contributed by atoms with E-state index in [1.54, 1.807) is 4.68 Å². The van der Waals surface area contributed by atoms with Crippen molar-refractivity contribution in [2.75, 3.05) is 0 Å². The minimum Gasteiger partial charge on any atom is -0.478 e. The fourth-order valence-electron chi connectivity index (χ4n) is 3.65. The Morgan fingerprint density at radius 2 is 2.15 bits per heavy atom. The zero-order valence-corrected chi connectivity index (χ0v) is 14.5. The summed E-state index contributed by atoms with van der Waals surface area (Å²) < 4.78 is 2.99. The maximum atomic E-state index is 12.6. The first-order valence-corrected chi connectivity index (χ1v) is 8.78. The van der Waals surface area contributed by atoms with Crippen molar-refractivity contribution in [3.8, 4) is 5.95 Å². The standard InChI is InChI=1S/C17H20N6O3/c1-10-13-14(22(21-10)7-6-11-4-2-3-5-11)15(24)20-17(19-13)23-9-12(8-18-23)16(25)26/h8-9,11H,2-7H2,1H3,(H,25,26)(H,19,20,24). The Hall–Kier alpha value is -2.97. The summed E-state index contributed by atoms with van der Waals surface area (Å²) in [7, 11) is 0. The summed E-state index contributed by atoms with van der Waals surface area (Å²) >= 11 is 0. The van der Waals surface area contributed by atoms with Gasteiger partial charge in [-0.2, -0.15) is 10.2 Å². The first kappa shape index (κ1) is 16.5. The van der Waals surface area contributed by atoms with Crippen molar-refractivity contribution < 1.29 is 9.90 Å². The Bertz CT molecular complexity index is 1020. The Morgan fingerprint density at radius 3 is 2.85 bits per heavy atom. The average molecular weight is 356 g/mol. The van der Waals surface area contributed by atoms with Crippen molar-refractivity contribution in [3.05, 3.63) is 34.0 Å². The van der Waals surface area contributed by atoms with Gasteiger partial charge in [-0.1, -0.05) is 25.7 Å². The van der Waals surface area contributed by atoms with Crippen molar-refractivity contribution in [3.63, 3.8) is 0 Å². The Balaban J connectivity index is 1.69. The third-order valence-electron chi connectivity index (χ3n) is 5.02. The van der Waals surface area contributed by atoms with E-state index in [-0.39, 0.29) is 17.1 Å². The number of carbonyl (C=O) groups is 1. The molecule has 0 radical (unpaired) electrons. The Kier molecular flexibility index (Phi) is 4.06. The van der Waals surface area contributed by atoms with E-state index >= 15 is 0 Å². The number of hydrogen-bond acceptors (Lipinski definition) is 5. The van der Waals surface area contributed by atoms with Crippen molar-refractivity contribution in [1.82, 2.24) is 29.5 Å². The van der Waals surface area contributed by atoms with E-state index in [4.69, 9.17) is 5.11 Å². The van der Waals surface area contributed by atoms with Crippen LogP contribution in [0.25, 0.3) is 17.0 Å². The van der Waals surface area contributed by atoms with Gasteiger partial charge in [-0.3, -0.25) is 14.5 Å². The van der Waals surface area contributed by atoms with E-state index in [1.807, 2.05) is 6.92 Å². The maximum absolute atomic E-state index is 12.6. The molecule has 9 nitrogen and oxygen atoms in total. The molecule has 136 valence electrons. The molecule has 4 rings (SSSR count). The van der Waals surface area contributed by atoms with Gasteiger partial charge >= 0.3 is 5.97 Å². The number of aromatic carboxylic acids is 1. The number of nitrogens with zero attached hydrogens (tertiary/aromatic N) is 5. The number of H-pyrrole nitrogens is 1. The summed E-state index contributed by atoms with van der Waals surface area (Å²) in [6.45, 7) is 2.51. The van der Waals surface area contributed by atoms with Gasteiger partial charge in [0.05, 0.1) is 17.5 Å². The van der Waals surface area contributed by atoms with E-state index in [9.17, 15) is 9.59 Å². The first-order valence-electron chi connectivity index (χ1n) is 8.78. The van der Waals surface area contributed by atoms with Crippen LogP contribution in [0.4, 0.5) is 0 Å². The lowest BCUT2D eigenvalue weighted by atomic mass is 10.0. The normalized spacial score (nSPS) is 15.1. The smallest absolute Gasteiger partial charge is 0.338 e. The molecule has 1 fully saturated rings. The fraction of sp³-hybridized carbons (Fsp3) is 0.471. The van der Waals surface area contributed by atoms with E-state index < -0.39 is 5.97 Å². The average Bonchev–Trinajstić information content (AvgIpc) is 3.33. The number of aromatic nitrogens is 6. The highest BCUT2D eigenvalue weighted by molar-refractivity contribution is 5.87. The van der Waals surface area contributed by atoms with Gasteiger partial charge in [0.1, 0.15) is 5.52 Å². The number of nitrogens with one attached hydrogen (secondary N) is 1. The lowest BCUT2D eigenvalue weighted by Gasteiger charge is -2.09. The van der Waals surface area contributed by atoms with Crippen LogP contribution in [-0.2, 0) is 6.54 Å². The minimum absolute atomic E-state index is 0.0247. The van der Waals surface area contributed by atoms with Crippen molar-refractivity contribution in [2.45, 2.75) is 45.6 Å². The van der Waals surface area contributed by atoms with Gasteiger partial charge in [0, 0.05) is 12.7 Å². The molecule has 0 atom stereocenters. The zero-order chi connectivity index (χ0) is 18.3. The lowest BCUT2D eigenvalue weighted by molar-refractivity contribution is 0.0697. The highest BCUT2D eigenvalue weighted by atomic mass is 16.4. The summed E-state index contributed by atoms with van der Waals surface area (Å²) in [6.07, 6.45) is 8.62. The third kappa shape index (κ3) is 2.89. The highest BCUT2D eigenvalue weighted by Crippen LogP contribution is 2.28. The van der Waals surface area contributed by atoms with Gasteiger partial charge in [-0.05, 0) is 19.3 Å². The topological polar surface area (TPSA) is 119 Å². The summed E-state index contributed by atoms with van der Waals surface area (Å²) in [6, 6.07) is 0. The van der Waals surface area contributed by atoms with Crippen LogP contribution in [0.5, 0.6) is 0 Å². The van der Waals surface area contributed by atoms with Crippen LogP contribution in [0.15, 0.2) is 17.2 Å². The number of carboxylic acid groups (broad SMARTS) is 1. The van der Waals surface area contributed by atoms with Crippen LogP contribution in [0.3, 0.4) is 0 Å². The largest absolute Gasteiger partial charge is 0.478 e. The molecule has 0 bridgehead atoms. The number of hydrogen-bond donors (Lipinski definition) is 2. The monoisotopic (exact) mass is 356 g/mol. The molecule has 3 aromatic rings. The van der Waals surface area contributed by atoms with Crippen molar-refractivity contribution >= 4 is 17.0 Å². The van der Waals surface area contributed by atoms with E-state index in [0.717, 1.165) is 6.42 Å². The molecular weight excluding hydrogens is 336 g/mol. The molecule has 0 aromatic carbocycles. The maximum Gasteiger partial charge on any atom is 0.338 e. The summed E-state index contributed by atoms with van der Waals surface area (Å²) in [5.74, 6) is -0.205. The molecule has 0 spiro atoms. The minimum atomic E-state index is -1.09. The second-order valence-corrected chi connectivity index (χ2v) is 6.81. The van der Waals surface area contributed by atoms with Gasteiger partial charge in [0.2, 0.25) is 5.95 Å². The van der Waals surface area contributed by atoms with Crippen LogP contribution in [-0.4, -0.2) is 40.6 Å². The molecule has 0 saturated heterocycles. The summed E-state index contributed by atoms with van der Waals surface area (Å²) in [5, 5.41) is 17.5. The summed E-state index contributed by atoms with van der Waals surface area (Å²) in [5.41, 5.74) is 1.36. The highest BCUT2D eigenvalue weighted by Gasteiger charge is 2.19. The molecule has 0 aliphatic heterocycles. The predicted octanol–water partition coefficient (Wildman–Crippen LogP) is 1.89. The molecule has 9 heteroatoms. The Labute approximate surface area is 148 Å². The molecule has 26 heavy (non-hydrogen) atoms. The Morgan fingerprint density at radius 1 is 1.38 bits per heavy atom. The molecule has 1 aliphatic carbocycles.